The van der Waals surface area contributed by atoms with Crippen LogP contribution in [0.15, 0.2) is 12.1 Å². The number of nitro groups is 1. The number of rotatable bonds is 2. The maximum Gasteiger partial charge on any atom is 0.495 e. The van der Waals surface area contributed by atoms with Crippen molar-refractivity contribution in [3.8, 4) is 0 Å². The molecule has 1 saturated heterocycles. The smallest absolute Gasteiger partial charge is 0.399 e. The van der Waals surface area contributed by atoms with E-state index in [1.165, 1.54) is 12.1 Å². The van der Waals surface area contributed by atoms with Gasteiger partial charge in [0.1, 0.15) is 5.69 Å². The van der Waals surface area contributed by atoms with Crippen molar-refractivity contribution in [3.05, 3.63) is 27.3 Å². The maximum absolute atomic E-state index is 11.0. The van der Waals surface area contributed by atoms with Gasteiger partial charge in [0.05, 0.1) is 21.1 Å². The molecule has 0 aliphatic carbocycles. The number of nitrogens with zero attached hydrogens (tertiary/aromatic N) is 1. The molecule has 1 aliphatic heterocycles. The first kappa shape index (κ1) is 15.1. The molecule has 0 atom stereocenters. The molecule has 2 rings (SSSR count). The van der Waals surface area contributed by atoms with Crippen LogP contribution in [-0.4, -0.2) is 23.2 Å². The van der Waals surface area contributed by atoms with E-state index in [1.54, 1.807) is 0 Å². The molecule has 1 aromatic carbocycles. The molecule has 8 heteroatoms. The first-order valence-corrected chi connectivity index (χ1v) is 6.52. The third kappa shape index (κ3) is 2.37. The van der Waals surface area contributed by atoms with Gasteiger partial charge in [-0.15, -0.1) is 0 Å². The minimum atomic E-state index is -0.711. The maximum atomic E-state index is 11.0. The summed E-state index contributed by atoms with van der Waals surface area (Å²) in [5.41, 5.74) is 4.72. The zero-order valence-corrected chi connectivity index (χ0v) is 12.5. The highest BCUT2D eigenvalue weighted by Gasteiger charge is 2.52. The number of anilines is 1. The normalized spacial score (nSPS) is 20.1. The van der Waals surface area contributed by atoms with E-state index in [0.717, 1.165) is 0 Å². The lowest BCUT2D eigenvalue weighted by molar-refractivity contribution is -0.383. The van der Waals surface area contributed by atoms with E-state index in [0.29, 0.717) is 5.46 Å². The van der Waals surface area contributed by atoms with E-state index in [2.05, 4.69) is 0 Å². The number of hydrogen-bond donors (Lipinski definition) is 1. The standard InChI is InChI=1S/C12H16BClN2O4/c1-11(2)12(3,4)20-13(19-11)7-5-8(14)10(15)9(6-7)16(17)18/h5-6H,15H2,1-4H3. The molecular weight excluding hydrogens is 282 g/mol. The van der Waals surface area contributed by atoms with Crippen LogP contribution in [0.4, 0.5) is 11.4 Å². The largest absolute Gasteiger partial charge is 0.495 e. The first-order chi connectivity index (χ1) is 9.05. The molecule has 1 fully saturated rings. The summed E-state index contributed by atoms with van der Waals surface area (Å²) >= 11 is 5.94. The fourth-order valence-corrected chi connectivity index (χ4v) is 2.11. The summed E-state index contributed by atoms with van der Waals surface area (Å²) in [6, 6.07) is 2.87. The lowest BCUT2D eigenvalue weighted by atomic mass is 9.79. The van der Waals surface area contributed by atoms with Crippen molar-refractivity contribution in [1.82, 2.24) is 0 Å². The number of halogens is 1. The van der Waals surface area contributed by atoms with Crippen molar-refractivity contribution in [1.29, 1.82) is 0 Å². The molecule has 0 aromatic heterocycles. The molecule has 0 radical (unpaired) electrons. The topological polar surface area (TPSA) is 87.6 Å². The summed E-state index contributed by atoms with van der Waals surface area (Å²) in [4.78, 5) is 10.4. The number of nitro benzene ring substituents is 1. The first-order valence-electron chi connectivity index (χ1n) is 6.14. The van der Waals surface area contributed by atoms with Crippen LogP contribution >= 0.6 is 11.6 Å². The van der Waals surface area contributed by atoms with E-state index < -0.39 is 23.2 Å². The highest BCUT2D eigenvalue weighted by Crippen LogP contribution is 2.37. The molecule has 0 unspecified atom stereocenters. The van der Waals surface area contributed by atoms with Gasteiger partial charge in [0, 0.05) is 6.07 Å². The van der Waals surface area contributed by atoms with Gasteiger partial charge in [-0.05, 0) is 39.2 Å². The summed E-state index contributed by atoms with van der Waals surface area (Å²) in [5, 5.41) is 11.1. The van der Waals surface area contributed by atoms with E-state index in [4.69, 9.17) is 26.6 Å². The Kier molecular flexibility index (Phi) is 3.48. The van der Waals surface area contributed by atoms with Gasteiger partial charge in [-0.1, -0.05) is 11.6 Å². The number of benzene rings is 1. The second kappa shape index (κ2) is 4.61. The van der Waals surface area contributed by atoms with Crippen LogP contribution in [-0.2, 0) is 9.31 Å². The van der Waals surface area contributed by atoms with Crippen molar-refractivity contribution < 1.29 is 14.2 Å². The average Bonchev–Trinajstić information content (AvgIpc) is 2.51. The second-order valence-corrected chi connectivity index (χ2v) is 6.19. The van der Waals surface area contributed by atoms with Gasteiger partial charge in [0.15, 0.2) is 0 Å². The lowest BCUT2D eigenvalue weighted by Crippen LogP contribution is -2.41. The van der Waals surface area contributed by atoms with Crippen molar-refractivity contribution in [2.75, 3.05) is 5.73 Å². The third-order valence-corrected chi connectivity index (χ3v) is 4.16. The van der Waals surface area contributed by atoms with Crippen molar-refractivity contribution in [2.45, 2.75) is 38.9 Å². The van der Waals surface area contributed by atoms with Gasteiger partial charge in [-0.25, -0.2) is 0 Å². The van der Waals surface area contributed by atoms with Crippen LogP contribution < -0.4 is 11.2 Å². The molecule has 2 N–H and O–H groups in total. The molecule has 1 aliphatic rings. The lowest BCUT2D eigenvalue weighted by Gasteiger charge is -2.32. The van der Waals surface area contributed by atoms with Gasteiger partial charge >= 0.3 is 7.12 Å². The van der Waals surface area contributed by atoms with Gasteiger partial charge in [-0.2, -0.15) is 0 Å². The highest BCUT2D eigenvalue weighted by atomic mass is 35.5. The van der Waals surface area contributed by atoms with E-state index in [9.17, 15) is 10.1 Å². The number of nitrogens with two attached hydrogens (primary N) is 1. The summed E-state index contributed by atoms with van der Waals surface area (Å²) < 4.78 is 11.7. The molecule has 20 heavy (non-hydrogen) atoms. The molecule has 1 heterocycles. The average molecular weight is 299 g/mol. The predicted molar refractivity (Wildman–Crippen MR) is 78.2 cm³/mol. The summed E-state index contributed by atoms with van der Waals surface area (Å²) in [6.45, 7) is 7.61. The SMILES string of the molecule is CC1(C)OB(c2cc(Cl)c(N)c([N+](=O)[O-])c2)OC1(C)C. The molecular formula is C12H16BClN2O4. The summed E-state index contributed by atoms with van der Waals surface area (Å²) in [5.74, 6) is 0. The van der Waals surface area contributed by atoms with Gasteiger partial charge < -0.3 is 15.0 Å². The fraction of sp³-hybridized carbons (Fsp3) is 0.500. The van der Waals surface area contributed by atoms with Crippen LogP contribution in [0.25, 0.3) is 0 Å². The Balaban J connectivity index is 2.43. The van der Waals surface area contributed by atoms with Crippen molar-refractivity contribution in [3.63, 3.8) is 0 Å². The highest BCUT2D eigenvalue weighted by molar-refractivity contribution is 6.62. The van der Waals surface area contributed by atoms with Gasteiger partial charge in [-0.3, -0.25) is 10.1 Å². The van der Waals surface area contributed by atoms with Crippen LogP contribution in [0.2, 0.25) is 5.02 Å². The van der Waals surface area contributed by atoms with Crippen LogP contribution in [0.3, 0.4) is 0 Å². The van der Waals surface area contributed by atoms with Crippen molar-refractivity contribution >= 4 is 35.6 Å². The molecule has 6 nitrogen and oxygen atoms in total. The van der Waals surface area contributed by atoms with E-state index >= 15 is 0 Å². The van der Waals surface area contributed by atoms with Crippen LogP contribution in [0.1, 0.15) is 27.7 Å². The molecule has 0 amide bonds. The quantitative estimate of drug-likeness (QED) is 0.391. The Morgan fingerprint density at radius 1 is 1.25 bits per heavy atom. The Hall–Kier alpha value is -1.31. The van der Waals surface area contributed by atoms with Crippen molar-refractivity contribution in [2.24, 2.45) is 0 Å². The molecule has 0 spiro atoms. The number of nitrogen functional groups attached to an aromatic ring is 1. The number of hydrogen-bond acceptors (Lipinski definition) is 5. The van der Waals surface area contributed by atoms with E-state index in [-0.39, 0.29) is 16.4 Å². The van der Waals surface area contributed by atoms with Gasteiger partial charge in [0.25, 0.3) is 5.69 Å². The molecule has 0 bridgehead atoms. The zero-order chi connectivity index (χ0) is 15.3. The molecule has 0 saturated carbocycles. The second-order valence-electron chi connectivity index (χ2n) is 5.78. The van der Waals surface area contributed by atoms with Gasteiger partial charge in [0.2, 0.25) is 0 Å². The Bertz CT molecular complexity index is 561. The minimum absolute atomic E-state index is 0.0584. The Morgan fingerprint density at radius 2 is 1.75 bits per heavy atom. The van der Waals surface area contributed by atoms with Crippen LogP contribution in [0.5, 0.6) is 0 Å². The molecule has 1 aromatic rings. The fourth-order valence-electron chi connectivity index (χ4n) is 1.89. The monoisotopic (exact) mass is 298 g/mol. The summed E-state index contributed by atoms with van der Waals surface area (Å²) in [7, 11) is -0.711. The third-order valence-electron chi connectivity index (χ3n) is 3.85. The molecule has 108 valence electrons. The zero-order valence-electron chi connectivity index (χ0n) is 11.8. The van der Waals surface area contributed by atoms with Crippen LogP contribution in [0, 0.1) is 10.1 Å². The predicted octanol–water partition coefficient (Wildman–Crippen LogP) is 2.13. The summed E-state index contributed by atoms with van der Waals surface area (Å²) in [6.07, 6.45) is 0. The Labute approximate surface area is 122 Å². The Morgan fingerprint density at radius 3 is 2.20 bits per heavy atom. The minimum Gasteiger partial charge on any atom is -0.399 e. The van der Waals surface area contributed by atoms with E-state index in [1.807, 2.05) is 27.7 Å².